The predicted octanol–water partition coefficient (Wildman–Crippen LogP) is 0.233. The quantitative estimate of drug-likeness (QED) is 0.627. The maximum absolute atomic E-state index is 5.30. The van der Waals surface area contributed by atoms with E-state index in [0.29, 0.717) is 0 Å². The molecule has 1 aliphatic rings. The lowest BCUT2D eigenvalue weighted by atomic mass is 10.3. The van der Waals surface area contributed by atoms with Crippen molar-refractivity contribution in [3.63, 3.8) is 0 Å². The van der Waals surface area contributed by atoms with Crippen LogP contribution in [0.2, 0.25) is 0 Å². The molecule has 0 atom stereocenters. The Morgan fingerprint density at radius 2 is 1.67 bits per heavy atom. The van der Waals surface area contributed by atoms with Gasteiger partial charge < -0.3 is 4.74 Å². The van der Waals surface area contributed by atoms with Gasteiger partial charge in [0.25, 0.3) is 0 Å². The second-order valence-electron chi connectivity index (χ2n) is 3.08. The van der Waals surface area contributed by atoms with E-state index in [0.717, 1.165) is 26.3 Å². The van der Waals surface area contributed by atoms with Crippen molar-refractivity contribution in [2.45, 2.75) is 0 Å². The number of ether oxygens (including phenoxy) is 1. The third-order valence-electron chi connectivity index (χ3n) is 2.28. The number of benzene rings is 1. The van der Waals surface area contributed by atoms with Gasteiger partial charge in [-0.2, -0.15) is 0 Å². The van der Waals surface area contributed by atoms with Gasteiger partial charge in [0.15, 0.2) is 0 Å². The van der Waals surface area contributed by atoms with E-state index in [4.69, 9.17) is 4.74 Å². The Labute approximate surface area is 72.8 Å². The second kappa shape index (κ2) is 3.70. The topological polar surface area (TPSA) is 13.7 Å². The lowest BCUT2D eigenvalue weighted by molar-refractivity contribution is -0.842. The zero-order chi connectivity index (χ0) is 8.23. The summed E-state index contributed by atoms with van der Waals surface area (Å²) in [5.74, 6) is 0. The van der Waals surface area contributed by atoms with Gasteiger partial charge in [-0.15, -0.1) is 0 Å². The molecule has 0 unspecified atom stereocenters. The first-order valence-electron chi connectivity index (χ1n) is 4.45. The first kappa shape index (κ1) is 7.77. The van der Waals surface area contributed by atoms with Crippen LogP contribution in [0, 0.1) is 0 Å². The maximum atomic E-state index is 5.30. The standard InChI is InChI=1S/C10H13NO/c1-2-4-10(5-3-1)11-6-8-12-9-7-11/h1-5H,6-9H2/p+1. The summed E-state index contributed by atoms with van der Waals surface area (Å²) in [6.45, 7) is 3.99. The molecule has 64 valence electrons. The number of nitrogens with one attached hydrogen (secondary N) is 1. The van der Waals surface area contributed by atoms with Crippen molar-refractivity contribution in [1.82, 2.24) is 0 Å². The molecule has 0 radical (unpaired) electrons. The summed E-state index contributed by atoms with van der Waals surface area (Å²) in [6, 6.07) is 10.6. The fourth-order valence-corrected chi connectivity index (χ4v) is 1.58. The third-order valence-corrected chi connectivity index (χ3v) is 2.28. The predicted molar refractivity (Wildman–Crippen MR) is 47.6 cm³/mol. The summed E-state index contributed by atoms with van der Waals surface area (Å²) < 4.78 is 5.30. The van der Waals surface area contributed by atoms with Gasteiger partial charge >= 0.3 is 0 Å². The fourth-order valence-electron chi connectivity index (χ4n) is 1.58. The molecule has 0 bridgehead atoms. The maximum Gasteiger partial charge on any atom is 0.131 e. The van der Waals surface area contributed by atoms with Gasteiger partial charge in [-0.05, 0) is 12.1 Å². The van der Waals surface area contributed by atoms with Gasteiger partial charge in [0.1, 0.15) is 18.8 Å². The minimum Gasteiger partial charge on any atom is -0.370 e. The van der Waals surface area contributed by atoms with Crippen molar-refractivity contribution < 1.29 is 9.64 Å². The van der Waals surface area contributed by atoms with E-state index in [9.17, 15) is 0 Å². The van der Waals surface area contributed by atoms with E-state index in [2.05, 4.69) is 30.3 Å². The average molecular weight is 164 g/mol. The molecule has 1 N–H and O–H groups in total. The summed E-state index contributed by atoms with van der Waals surface area (Å²) in [6.07, 6.45) is 0. The minimum absolute atomic E-state index is 0.893. The largest absolute Gasteiger partial charge is 0.370 e. The van der Waals surface area contributed by atoms with Crippen molar-refractivity contribution in [2.24, 2.45) is 0 Å². The lowest BCUT2D eigenvalue weighted by Crippen LogP contribution is -3.09. The molecule has 2 heteroatoms. The van der Waals surface area contributed by atoms with Crippen molar-refractivity contribution in [1.29, 1.82) is 0 Å². The van der Waals surface area contributed by atoms with Crippen LogP contribution in [0.5, 0.6) is 0 Å². The molecule has 2 nitrogen and oxygen atoms in total. The van der Waals surface area contributed by atoms with E-state index < -0.39 is 0 Å². The minimum atomic E-state index is 0.893. The number of morpholine rings is 1. The number of hydrogen-bond donors (Lipinski definition) is 1. The summed E-state index contributed by atoms with van der Waals surface area (Å²) in [5.41, 5.74) is 1.39. The van der Waals surface area contributed by atoms with Crippen LogP contribution in [0.15, 0.2) is 30.3 Å². The zero-order valence-corrected chi connectivity index (χ0v) is 7.12. The molecule has 1 saturated heterocycles. The van der Waals surface area contributed by atoms with Crippen molar-refractivity contribution in [3.05, 3.63) is 30.3 Å². The Balaban J connectivity index is 2.08. The normalized spacial score (nSPS) is 19.3. The van der Waals surface area contributed by atoms with Crippen LogP contribution in [0.4, 0.5) is 5.69 Å². The van der Waals surface area contributed by atoms with Crippen LogP contribution in [-0.4, -0.2) is 26.3 Å². The Bertz CT molecular complexity index is 229. The fraction of sp³-hybridized carbons (Fsp3) is 0.400. The molecule has 1 aromatic carbocycles. The van der Waals surface area contributed by atoms with Crippen molar-refractivity contribution >= 4 is 5.69 Å². The molecule has 1 fully saturated rings. The number of rotatable bonds is 1. The van der Waals surface area contributed by atoms with E-state index in [1.54, 1.807) is 4.90 Å². The van der Waals surface area contributed by atoms with Crippen LogP contribution in [0.3, 0.4) is 0 Å². The molecule has 0 amide bonds. The first-order chi connectivity index (χ1) is 5.97. The Kier molecular flexibility index (Phi) is 2.39. The van der Waals surface area contributed by atoms with Gasteiger partial charge in [0, 0.05) is 0 Å². The molecule has 1 aromatic rings. The zero-order valence-electron chi connectivity index (χ0n) is 7.12. The summed E-state index contributed by atoms with van der Waals surface area (Å²) >= 11 is 0. The Morgan fingerprint density at radius 1 is 1.00 bits per heavy atom. The highest BCUT2D eigenvalue weighted by molar-refractivity contribution is 5.27. The summed E-state index contributed by atoms with van der Waals surface area (Å²) in [4.78, 5) is 1.54. The highest BCUT2D eigenvalue weighted by Gasteiger charge is 2.15. The van der Waals surface area contributed by atoms with E-state index in [1.807, 2.05) is 0 Å². The molecule has 2 rings (SSSR count). The molecule has 0 aromatic heterocycles. The molecular weight excluding hydrogens is 150 g/mol. The van der Waals surface area contributed by atoms with Gasteiger partial charge in [0.05, 0.1) is 13.2 Å². The van der Waals surface area contributed by atoms with E-state index in [1.165, 1.54) is 5.69 Å². The van der Waals surface area contributed by atoms with Crippen LogP contribution in [-0.2, 0) is 4.74 Å². The smallest absolute Gasteiger partial charge is 0.131 e. The van der Waals surface area contributed by atoms with Crippen LogP contribution < -0.4 is 4.90 Å². The molecule has 1 aliphatic heterocycles. The van der Waals surface area contributed by atoms with E-state index in [-0.39, 0.29) is 0 Å². The van der Waals surface area contributed by atoms with Gasteiger partial charge in [-0.3, -0.25) is 4.90 Å². The summed E-state index contributed by atoms with van der Waals surface area (Å²) in [5, 5.41) is 0. The number of para-hydroxylation sites is 1. The van der Waals surface area contributed by atoms with Gasteiger partial charge in [-0.1, -0.05) is 18.2 Å². The highest BCUT2D eigenvalue weighted by Crippen LogP contribution is 1.98. The Hall–Kier alpha value is -0.860. The molecule has 0 spiro atoms. The molecule has 0 saturated carbocycles. The average Bonchev–Trinajstić information content (AvgIpc) is 2.21. The molecule has 0 aliphatic carbocycles. The monoisotopic (exact) mass is 164 g/mol. The lowest BCUT2D eigenvalue weighted by Gasteiger charge is -2.23. The van der Waals surface area contributed by atoms with Crippen LogP contribution >= 0.6 is 0 Å². The first-order valence-corrected chi connectivity index (χ1v) is 4.45. The molecular formula is C10H14NO+. The Morgan fingerprint density at radius 3 is 2.33 bits per heavy atom. The van der Waals surface area contributed by atoms with Gasteiger partial charge in [-0.25, -0.2) is 0 Å². The van der Waals surface area contributed by atoms with Crippen LogP contribution in [0.1, 0.15) is 0 Å². The van der Waals surface area contributed by atoms with Crippen LogP contribution in [0.25, 0.3) is 0 Å². The highest BCUT2D eigenvalue weighted by atomic mass is 16.5. The number of quaternary nitrogens is 1. The SMILES string of the molecule is c1ccc([NH+]2CCOCC2)cc1. The second-order valence-corrected chi connectivity index (χ2v) is 3.08. The third kappa shape index (κ3) is 1.65. The number of hydrogen-bond acceptors (Lipinski definition) is 1. The van der Waals surface area contributed by atoms with E-state index >= 15 is 0 Å². The summed E-state index contributed by atoms with van der Waals surface area (Å²) in [7, 11) is 0. The van der Waals surface area contributed by atoms with Crippen molar-refractivity contribution in [3.8, 4) is 0 Å². The molecule has 1 heterocycles. The molecule has 12 heavy (non-hydrogen) atoms. The van der Waals surface area contributed by atoms with Gasteiger partial charge in [0.2, 0.25) is 0 Å². The van der Waals surface area contributed by atoms with Crippen molar-refractivity contribution in [2.75, 3.05) is 26.3 Å².